The summed E-state index contributed by atoms with van der Waals surface area (Å²) in [5, 5.41) is 10.5. The summed E-state index contributed by atoms with van der Waals surface area (Å²) < 4.78 is 2.20. The van der Waals surface area contributed by atoms with Crippen molar-refractivity contribution in [2.24, 2.45) is 7.05 Å². The van der Waals surface area contributed by atoms with E-state index in [1.165, 1.54) is 17.3 Å². The Morgan fingerprint density at radius 2 is 1.83 bits per heavy atom. The van der Waals surface area contributed by atoms with Gasteiger partial charge >= 0.3 is 5.97 Å². The average molecular weight is 303 g/mol. The second kappa shape index (κ2) is 5.13. The predicted molar refractivity (Wildman–Crippen MR) is 91.5 cm³/mol. The number of hydrogen-bond acceptors (Lipinski definition) is 1. The summed E-state index contributed by atoms with van der Waals surface area (Å²) in [6, 6.07) is 16.3. The van der Waals surface area contributed by atoms with Crippen molar-refractivity contribution in [3.63, 3.8) is 0 Å². The summed E-state index contributed by atoms with van der Waals surface area (Å²) >= 11 is 0. The van der Waals surface area contributed by atoms with Crippen molar-refractivity contribution in [2.75, 3.05) is 0 Å². The molecule has 0 saturated heterocycles. The molecule has 0 aliphatic heterocycles. The maximum atomic E-state index is 11.5. The van der Waals surface area contributed by atoms with Gasteiger partial charge in [0.15, 0.2) is 0 Å². The Labute approximate surface area is 134 Å². The van der Waals surface area contributed by atoms with Gasteiger partial charge in [-0.2, -0.15) is 0 Å². The lowest BCUT2D eigenvalue weighted by molar-refractivity contribution is -0.131. The van der Waals surface area contributed by atoms with Gasteiger partial charge in [-0.25, -0.2) is 4.79 Å². The summed E-state index contributed by atoms with van der Waals surface area (Å²) in [4.78, 5) is 11.5. The van der Waals surface area contributed by atoms with Gasteiger partial charge < -0.3 is 9.67 Å². The predicted octanol–water partition coefficient (Wildman–Crippen LogP) is 3.79. The van der Waals surface area contributed by atoms with Crippen LogP contribution in [0.2, 0.25) is 0 Å². The van der Waals surface area contributed by atoms with E-state index in [-0.39, 0.29) is 0 Å². The number of nitrogens with zero attached hydrogens (tertiary/aromatic N) is 1. The fourth-order valence-electron chi connectivity index (χ4n) is 3.70. The molecule has 3 aromatic rings. The van der Waals surface area contributed by atoms with Crippen molar-refractivity contribution in [3.05, 3.63) is 77.0 Å². The lowest BCUT2D eigenvalue weighted by atomic mass is 9.94. The molecule has 0 saturated carbocycles. The molecule has 4 rings (SSSR count). The van der Waals surface area contributed by atoms with Crippen molar-refractivity contribution in [2.45, 2.75) is 12.8 Å². The van der Waals surface area contributed by atoms with Crippen molar-refractivity contribution in [1.29, 1.82) is 0 Å². The summed E-state index contributed by atoms with van der Waals surface area (Å²) in [5.74, 6) is -0.907. The number of carboxylic acid groups (broad SMARTS) is 1. The van der Waals surface area contributed by atoms with Gasteiger partial charge in [-0.15, -0.1) is 0 Å². The molecule has 1 aromatic heterocycles. The SMILES string of the molecule is Cn1c2c(c3ccccc31)C(=CC(=O)O)c1ccccc1CC2. The molecule has 0 unspecified atom stereocenters. The van der Waals surface area contributed by atoms with Crippen LogP contribution in [0.5, 0.6) is 0 Å². The fourth-order valence-corrected chi connectivity index (χ4v) is 3.70. The highest BCUT2D eigenvalue weighted by Crippen LogP contribution is 2.39. The monoisotopic (exact) mass is 303 g/mol. The molecule has 23 heavy (non-hydrogen) atoms. The average Bonchev–Trinajstić information content (AvgIpc) is 2.73. The van der Waals surface area contributed by atoms with E-state index in [4.69, 9.17) is 0 Å². The van der Waals surface area contributed by atoms with Crippen LogP contribution >= 0.6 is 0 Å². The van der Waals surface area contributed by atoms with E-state index in [1.807, 2.05) is 30.3 Å². The van der Waals surface area contributed by atoms with Crippen LogP contribution in [-0.4, -0.2) is 15.6 Å². The number of carbonyl (C=O) groups is 1. The number of benzene rings is 2. The zero-order valence-corrected chi connectivity index (χ0v) is 12.9. The summed E-state index contributed by atoms with van der Waals surface area (Å²) in [6.07, 6.45) is 3.19. The Morgan fingerprint density at radius 3 is 2.65 bits per heavy atom. The van der Waals surface area contributed by atoms with E-state index in [0.717, 1.165) is 40.4 Å². The van der Waals surface area contributed by atoms with Crippen molar-refractivity contribution in [1.82, 2.24) is 4.57 Å². The molecule has 114 valence electrons. The molecule has 2 aromatic carbocycles. The molecule has 1 N–H and O–H groups in total. The number of aryl methyl sites for hydroxylation is 2. The van der Waals surface area contributed by atoms with Crippen LogP contribution < -0.4 is 0 Å². The lowest BCUT2D eigenvalue weighted by Gasteiger charge is -2.09. The third-order valence-electron chi connectivity index (χ3n) is 4.70. The Morgan fingerprint density at radius 1 is 1.09 bits per heavy atom. The van der Waals surface area contributed by atoms with E-state index in [0.29, 0.717) is 0 Å². The van der Waals surface area contributed by atoms with Gasteiger partial charge in [-0.1, -0.05) is 42.5 Å². The van der Waals surface area contributed by atoms with Crippen molar-refractivity contribution < 1.29 is 9.90 Å². The first-order valence-corrected chi connectivity index (χ1v) is 7.76. The highest BCUT2D eigenvalue weighted by atomic mass is 16.4. The summed E-state index contributed by atoms with van der Waals surface area (Å²) in [5.41, 5.74) is 6.47. The number of hydrogen-bond donors (Lipinski definition) is 1. The largest absolute Gasteiger partial charge is 0.478 e. The molecule has 0 spiro atoms. The first-order chi connectivity index (χ1) is 11.2. The Bertz CT molecular complexity index is 963. The van der Waals surface area contributed by atoms with Crippen LogP contribution in [0.15, 0.2) is 54.6 Å². The van der Waals surface area contributed by atoms with Crippen LogP contribution in [0, 0.1) is 0 Å². The second-order valence-electron chi connectivity index (χ2n) is 5.95. The highest BCUT2D eigenvalue weighted by Gasteiger charge is 2.24. The number of rotatable bonds is 1. The summed E-state index contributed by atoms with van der Waals surface area (Å²) in [6.45, 7) is 0. The van der Waals surface area contributed by atoms with Crippen LogP contribution in [0.3, 0.4) is 0 Å². The molecule has 0 fully saturated rings. The molecule has 3 nitrogen and oxygen atoms in total. The molecule has 3 heteroatoms. The number of aliphatic carboxylic acids is 1. The van der Waals surface area contributed by atoms with Gasteiger partial charge in [0.2, 0.25) is 0 Å². The van der Waals surface area contributed by atoms with E-state index >= 15 is 0 Å². The second-order valence-corrected chi connectivity index (χ2v) is 5.95. The Hall–Kier alpha value is -2.81. The van der Waals surface area contributed by atoms with E-state index < -0.39 is 5.97 Å². The van der Waals surface area contributed by atoms with Gasteiger partial charge in [0.05, 0.1) is 0 Å². The number of fused-ring (bicyclic) bond motifs is 4. The molecule has 1 aliphatic carbocycles. The van der Waals surface area contributed by atoms with Crippen LogP contribution in [0.25, 0.3) is 16.5 Å². The quantitative estimate of drug-likeness (QED) is 0.695. The maximum Gasteiger partial charge on any atom is 0.328 e. The number of carboxylic acids is 1. The van der Waals surface area contributed by atoms with Gasteiger partial charge in [0, 0.05) is 35.3 Å². The highest BCUT2D eigenvalue weighted by molar-refractivity contribution is 6.04. The van der Waals surface area contributed by atoms with Gasteiger partial charge in [0.1, 0.15) is 0 Å². The molecule has 0 radical (unpaired) electrons. The van der Waals surface area contributed by atoms with Gasteiger partial charge in [0.25, 0.3) is 0 Å². The van der Waals surface area contributed by atoms with E-state index in [1.54, 1.807) is 0 Å². The lowest BCUT2D eigenvalue weighted by Crippen LogP contribution is -1.99. The van der Waals surface area contributed by atoms with Gasteiger partial charge in [-0.3, -0.25) is 0 Å². The minimum Gasteiger partial charge on any atom is -0.478 e. The standard InChI is InChI=1S/C20H17NO2/c1-21-17-9-5-4-8-15(17)20-16(12-19(22)23)14-7-3-2-6-13(14)10-11-18(20)21/h2-9,12H,10-11H2,1H3,(H,22,23). The molecule has 0 amide bonds. The third-order valence-corrected chi connectivity index (χ3v) is 4.70. The Balaban J connectivity index is 2.13. The van der Waals surface area contributed by atoms with Crippen LogP contribution in [-0.2, 0) is 24.7 Å². The smallest absolute Gasteiger partial charge is 0.328 e. The topological polar surface area (TPSA) is 42.2 Å². The first kappa shape index (κ1) is 13.8. The number of aromatic nitrogens is 1. The normalized spacial score (nSPS) is 15.3. The summed E-state index contributed by atoms with van der Waals surface area (Å²) in [7, 11) is 2.07. The molecule has 0 bridgehead atoms. The molecular formula is C20H17NO2. The minimum absolute atomic E-state index is 0.817. The van der Waals surface area contributed by atoms with E-state index in [9.17, 15) is 9.90 Å². The zero-order chi connectivity index (χ0) is 16.0. The Kier molecular flexibility index (Phi) is 3.08. The van der Waals surface area contributed by atoms with Crippen molar-refractivity contribution in [3.8, 4) is 0 Å². The van der Waals surface area contributed by atoms with Crippen LogP contribution in [0.1, 0.15) is 22.4 Å². The van der Waals surface area contributed by atoms with Gasteiger partial charge in [-0.05, 0) is 35.6 Å². The minimum atomic E-state index is -0.907. The number of para-hydroxylation sites is 1. The maximum absolute atomic E-state index is 11.5. The molecule has 1 aliphatic rings. The first-order valence-electron chi connectivity index (χ1n) is 7.76. The van der Waals surface area contributed by atoms with E-state index in [2.05, 4.69) is 29.8 Å². The fraction of sp³-hybridized carbons (Fsp3) is 0.150. The molecule has 1 heterocycles. The molecule has 0 atom stereocenters. The molecular weight excluding hydrogens is 286 g/mol. The third kappa shape index (κ3) is 2.08. The zero-order valence-electron chi connectivity index (χ0n) is 12.9. The van der Waals surface area contributed by atoms with Crippen molar-refractivity contribution >= 4 is 22.4 Å². The van der Waals surface area contributed by atoms with Crippen LogP contribution in [0.4, 0.5) is 0 Å².